The van der Waals surface area contributed by atoms with Crippen molar-refractivity contribution in [2.75, 3.05) is 6.54 Å². The summed E-state index contributed by atoms with van der Waals surface area (Å²) in [5, 5.41) is 10.0. The first kappa shape index (κ1) is 14.8. The molecule has 5 nitrogen and oxygen atoms in total. The lowest BCUT2D eigenvalue weighted by atomic mass is 9.87. The number of amides is 1. The summed E-state index contributed by atoms with van der Waals surface area (Å²) in [6, 6.07) is 7.08. The summed E-state index contributed by atoms with van der Waals surface area (Å²) in [7, 11) is 0. The minimum Gasteiger partial charge on any atom is -0.351 e. The van der Waals surface area contributed by atoms with E-state index >= 15 is 0 Å². The van der Waals surface area contributed by atoms with Crippen molar-refractivity contribution in [1.82, 2.24) is 15.5 Å². The fraction of sp³-hybridized carbons (Fsp3) is 0.471. The van der Waals surface area contributed by atoms with Gasteiger partial charge in [0.1, 0.15) is 0 Å². The van der Waals surface area contributed by atoms with Crippen LogP contribution in [0.4, 0.5) is 0 Å². The molecule has 1 aromatic carbocycles. The van der Waals surface area contributed by atoms with Gasteiger partial charge in [0.25, 0.3) is 5.91 Å². The predicted molar refractivity (Wildman–Crippen MR) is 85.9 cm³/mol. The van der Waals surface area contributed by atoms with E-state index in [0.29, 0.717) is 23.4 Å². The van der Waals surface area contributed by atoms with Crippen LogP contribution in [-0.4, -0.2) is 22.6 Å². The molecular weight excluding hydrogens is 278 g/mol. The number of fused-ring (bicyclic) bond motifs is 1. The van der Waals surface area contributed by atoms with E-state index in [1.807, 2.05) is 6.07 Å². The molecule has 1 aromatic heterocycles. The van der Waals surface area contributed by atoms with Gasteiger partial charge in [0.15, 0.2) is 5.69 Å². The first-order valence-electron chi connectivity index (χ1n) is 8.01. The first-order chi connectivity index (χ1) is 10.8. The maximum Gasteiger partial charge on any atom is 0.275 e. The van der Waals surface area contributed by atoms with Gasteiger partial charge < -0.3 is 5.32 Å². The summed E-state index contributed by atoms with van der Waals surface area (Å²) in [5.41, 5.74) is 0.276. The summed E-state index contributed by atoms with van der Waals surface area (Å²) in [4.78, 5) is 24.4. The van der Waals surface area contributed by atoms with E-state index in [0.717, 1.165) is 6.42 Å². The van der Waals surface area contributed by atoms with E-state index in [1.54, 1.807) is 18.2 Å². The highest BCUT2D eigenvalue weighted by atomic mass is 16.2. The highest BCUT2D eigenvalue weighted by Gasteiger charge is 2.16. The van der Waals surface area contributed by atoms with Gasteiger partial charge in [0.2, 0.25) is 5.43 Å². The normalized spacial score (nSPS) is 15.8. The quantitative estimate of drug-likeness (QED) is 0.911. The van der Waals surface area contributed by atoms with Crippen LogP contribution in [0.25, 0.3) is 10.9 Å². The summed E-state index contributed by atoms with van der Waals surface area (Å²) < 4.78 is 0. The molecule has 1 heterocycles. The average Bonchev–Trinajstić information content (AvgIpc) is 2.56. The molecule has 0 saturated heterocycles. The maximum atomic E-state index is 12.3. The lowest BCUT2D eigenvalue weighted by molar-refractivity contribution is 0.0943. The molecule has 5 heteroatoms. The molecule has 0 spiro atoms. The Morgan fingerprint density at radius 1 is 1.23 bits per heavy atom. The Balaban J connectivity index is 1.64. The average molecular weight is 299 g/mol. The zero-order chi connectivity index (χ0) is 15.4. The molecule has 2 N–H and O–H groups in total. The fourth-order valence-corrected chi connectivity index (χ4v) is 3.18. The van der Waals surface area contributed by atoms with Crippen LogP contribution in [0.15, 0.2) is 29.1 Å². The lowest BCUT2D eigenvalue weighted by Crippen LogP contribution is -2.32. The van der Waals surface area contributed by atoms with Gasteiger partial charge in [-0.25, -0.2) is 0 Å². The second kappa shape index (κ2) is 6.73. The smallest absolute Gasteiger partial charge is 0.275 e. The Morgan fingerprint density at radius 3 is 2.82 bits per heavy atom. The Bertz CT molecular complexity index is 717. The van der Waals surface area contributed by atoms with Crippen LogP contribution in [0.3, 0.4) is 0 Å². The van der Waals surface area contributed by atoms with Crippen molar-refractivity contribution in [3.8, 4) is 0 Å². The molecule has 0 aliphatic heterocycles. The minimum absolute atomic E-state index is 0.0534. The Kier molecular flexibility index (Phi) is 4.51. The van der Waals surface area contributed by atoms with Gasteiger partial charge >= 0.3 is 0 Å². The van der Waals surface area contributed by atoms with Crippen LogP contribution in [0.2, 0.25) is 0 Å². The zero-order valence-electron chi connectivity index (χ0n) is 12.6. The number of nitrogens with one attached hydrogen (secondary N) is 2. The number of aromatic amines is 1. The number of carbonyl (C=O) groups excluding carboxylic acids is 1. The van der Waals surface area contributed by atoms with Crippen molar-refractivity contribution in [2.24, 2.45) is 5.92 Å². The van der Waals surface area contributed by atoms with Crippen LogP contribution < -0.4 is 10.7 Å². The van der Waals surface area contributed by atoms with Gasteiger partial charge in [-0.05, 0) is 24.5 Å². The molecule has 1 amide bonds. The topological polar surface area (TPSA) is 74.8 Å². The standard InChI is InChI=1S/C17H21N3O2/c21-16-13-8-4-5-9-14(13)19-20-15(16)17(22)18-11-10-12-6-2-1-3-7-12/h4-5,8-9,12H,1-3,6-7,10-11H2,(H,18,22)(H,19,21). The second-order valence-corrected chi connectivity index (χ2v) is 6.00. The lowest BCUT2D eigenvalue weighted by Gasteiger charge is -2.21. The van der Waals surface area contributed by atoms with E-state index in [4.69, 9.17) is 0 Å². The van der Waals surface area contributed by atoms with E-state index in [9.17, 15) is 9.59 Å². The third-order valence-electron chi connectivity index (χ3n) is 4.45. The number of rotatable bonds is 4. The summed E-state index contributed by atoms with van der Waals surface area (Å²) >= 11 is 0. The maximum absolute atomic E-state index is 12.3. The molecule has 116 valence electrons. The predicted octanol–water partition coefficient (Wildman–Crippen LogP) is 2.62. The van der Waals surface area contributed by atoms with Crippen molar-refractivity contribution < 1.29 is 4.79 Å². The molecule has 1 fully saturated rings. The number of nitrogens with zero attached hydrogens (tertiary/aromatic N) is 1. The molecule has 1 saturated carbocycles. The highest BCUT2D eigenvalue weighted by molar-refractivity contribution is 5.95. The molecule has 1 aliphatic carbocycles. The molecule has 0 unspecified atom stereocenters. The van der Waals surface area contributed by atoms with Gasteiger partial charge in [-0.1, -0.05) is 44.2 Å². The first-order valence-corrected chi connectivity index (χ1v) is 8.01. The monoisotopic (exact) mass is 299 g/mol. The Labute approximate surface area is 129 Å². The number of para-hydroxylation sites is 1. The molecule has 1 aliphatic rings. The number of aromatic nitrogens is 2. The molecule has 3 rings (SSSR count). The molecule has 0 atom stereocenters. The molecule has 22 heavy (non-hydrogen) atoms. The van der Waals surface area contributed by atoms with Crippen molar-refractivity contribution in [3.05, 3.63) is 40.2 Å². The van der Waals surface area contributed by atoms with E-state index in [1.165, 1.54) is 32.1 Å². The molecule has 0 bridgehead atoms. The number of H-pyrrole nitrogens is 1. The third-order valence-corrected chi connectivity index (χ3v) is 4.45. The zero-order valence-corrected chi connectivity index (χ0v) is 12.6. The van der Waals surface area contributed by atoms with Gasteiger partial charge in [-0.2, -0.15) is 5.10 Å². The third kappa shape index (κ3) is 3.18. The van der Waals surface area contributed by atoms with E-state index in [-0.39, 0.29) is 17.0 Å². The van der Waals surface area contributed by atoms with Crippen LogP contribution in [0.5, 0.6) is 0 Å². The van der Waals surface area contributed by atoms with Crippen LogP contribution in [-0.2, 0) is 0 Å². The van der Waals surface area contributed by atoms with Crippen molar-refractivity contribution in [2.45, 2.75) is 38.5 Å². The van der Waals surface area contributed by atoms with Crippen LogP contribution in [0, 0.1) is 5.92 Å². The number of benzene rings is 1. The Hall–Kier alpha value is -2.17. The summed E-state index contributed by atoms with van der Waals surface area (Å²) in [6.45, 7) is 0.609. The van der Waals surface area contributed by atoms with Gasteiger partial charge in [-0.15, -0.1) is 0 Å². The van der Waals surface area contributed by atoms with Gasteiger partial charge in [0.05, 0.1) is 5.52 Å². The molecule has 0 radical (unpaired) electrons. The highest BCUT2D eigenvalue weighted by Crippen LogP contribution is 2.25. The van der Waals surface area contributed by atoms with Gasteiger partial charge in [0, 0.05) is 11.9 Å². The Morgan fingerprint density at radius 2 is 2.00 bits per heavy atom. The SMILES string of the molecule is O=C(NCCC1CCCCC1)c1n[nH]c2ccccc2c1=O. The summed E-state index contributed by atoms with van der Waals surface area (Å²) in [6.07, 6.45) is 7.42. The van der Waals surface area contributed by atoms with Crippen molar-refractivity contribution in [3.63, 3.8) is 0 Å². The van der Waals surface area contributed by atoms with Crippen LogP contribution >= 0.6 is 0 Å². The second-order valence-electron chi connectivity index (χ2n) is 6.00. The number of carbonyl (C=O) groups is 1. The minimum atomic E-state index is -0.386. The molecule has 2 aromatic rings. The van der Waals surface area contributed by atoms with E-state index in [2.05, 4.69) is 15.5 Å². The van der Waals surface area contributed by atoms with Crippen molar-refractivity contribution in [1.29, 1.82) is 0 Å². The fourth-order valence-electron chi connectivity index (χ4n) is 3.18. The van der Waals surface area contributed by atoms with E-state index < -0.39 is 0 Å². The number of hydrogen-bond acceptors (Lipinski definition) is 3. The van der Waals surface area contributed by atoms with Gasteiger partial charge in [-0.3, -0.25) is 14.7 Å². The number of hydrogen-bond donors (Lipinski definition) is 2. The molecular formula is C17H21N3O2. The van der Waals surface area contributed by atoms with Crippen molar-refractivity contribution >= 4 is 16.8 Å². The van der Waals surface area contributed by atoms with Crippen LogP contribution in [0.1, 0.15) is 49.0 Å². The summed E-state index contributed by atoms with van der Waals surface area (Å²) in [5.74, 6) is 0.319. The largest absolute Gasteiger partial charge is 0.351 e.